The molecular weight excluding hydrogens is 617 g/mol. The molecule has 1 N–H and O–H groups in total. The van der Waals surface area contributed by atoms with Gasteiger partial charge in [0.2, 0.25) is 0 Å². The molecule has 7 atom stereocenters. The van der Waals surface area contributed by atoms with Crippen molar-refractivity contribution in [3.05, 3.63) is 47.6 Å². The SMILES string of the molecule is C=C(C[C@@H](O)C[C@@H](C)[C@H]1CC[C@H]2/C(=C/C=C3C[C@@H](O[Si](C)(C)C(C)(C)C)C(=C)[C@H](O[Si](C)(C)C(C)(C)C)C3)CCC[C@]12C)C(=O)OC. The molecule has 0 heterocycles. The van der Waals surface area contributed by atoms with Crippen molar-refractivity contribution in [1.29, 1.82) is 0 Å². The van der Waals surface area contributed by atoms with Gasteiger partial charge >= 0.3 is 5.97 Å². The Kier molecular flexibility index (Phi) is 12.8. The molecule has 0 aromatic heterocycles. The molecule has 0 aromatic rings. The first-order valence-corrected chi connectivity index (χ1v) is 24.1. The molecule has 3 rings (SSSR count). The van der Waals surface area contributed by atoms with Crippen LogP contribution in [0.3, 0.4) is 0 Å². The van der Waals surface area contributed by atoms with Gasteiger partial charge in [0, 0.05) is 12.0 Å². The van der Waals surface area contributed by atoms with E-state index in [2.05, 4.69) is 107 Å². The minimum absolute atomic E-state index is 0.0147. The van der Waals surface area contributed by atoms with Gasteiger partial charge in [0.05, 0.1) is 25.4 Å². The average Bonchev–Trinajstić information content (AvgIpc) is 3.29. The molecule has 0 radical (unpaired) electrons. The van der Waals surface area contributed by atoms with Gasteiger partial charge in [0.25, 0.3) is 0 Å². The summed E-state index contributed by atoms with van der Waals surface area (Å²) in [5.41, 5.74) is 4.71. The lowest BCUT2D eigenvalue weighted by Gasteiger charge is -2.46. The molecule has 0 aromatic carbocycles. The highest BCUT2D eigenvalue weighted by molar-refractivity contribution is 6.74. The molecule has 0 saturated heterocycles. The zero-order valence-electron chi connectivity index (χ0n) is 32.5. The molecule has 0 amide bonds. The lowest BCUT2D eigenvalue weighted by Crippen LogP contribution is -2.49. The molecule has 0 bridgehead atoms. The summed E-state index contributed by atoms with van der Waals surface area (Å²) in [6.07, 6.45) is 13.0. The van der Waals surface area contributed by atoms with E-state index in [9.17, 15) is 9.90 Å². The maximum atomic E-state index is 11.8. The van der Waals surface area contributed by atoms with E-state index in [-0.39, 0.29) is 34.1 Å². The van der Waals surface area contributed by atoms with E-state index in [1.807, 2.05) is 0 Å². The van der Waals surface area contributed by atoms with E-state index in [4.69, 9.17) is 13.6 Å². The summed E-state index contributed by atoms with van der Waals surface area (Å²) in [6, 6.07) is 0. The third kappa shape index (κ3) is 9.30. The van der Waals surface area contributed by atoms with Crippen molar-refractivity contribution in [1.82, 2.24) is 0 Å². The fourth-order valence-electron chi connectivity index (χ4n) is 8.09. The minimum atomic E-state index is -2.01. The number of aliphatic hydroxyl groups excluding tert-OH is 1. The van der Waals surface area contributed by atoms with Gasteiger partial charge < -0.3 is 18.7 Å². The van der Waals surface area contributed by atoms with E-state index < -0.39 is 28.7 Å². The van der Waals surface area contributed by atoms with Crippen molar-refractivity contribution in [3.63, 3.8) is 0 Å². The second-order valence-electron chi connectivity index (χ2n) is 18.5. The molecule has 3 aliphatic carbocycles. The first-order valence-electron chi connectivity index (χ1n) is 18.3. The second kappa shape index (κ2) is 14.9. The van der Waals surface area contributed by atoms with Crippen LogP contribution in [-0.4, -0.2) is 53.1 Å². The number of hydrogen-bond donors (Lipinski definition) is 1. The number of hydrogen-bond acceptors (Lipinski definition) is 5. The Bertz CT molecular complexity index is 1170. The molecule has 5 nitrogen and oxygen atoms in total. The van der Waals surface area contributed by atoms with Crippen LogP contribution in [0.4, 0.5) is 0 Å². The highest BCUT2D eigenvalue weighted by atomic mass is 28.4. The van der Waals surface area contributed by atoms with Crippen LogP contribution in [0.1, 0.15) is 113 Å². The third-order valence-corrected chi connectivity index (χ3v) is 22.0. The predicted molar refractivity (Wildman–Crippen MR) is 202 cm³/mol. The number of carbonyl (C=O) groups is 1. The molecule has 0 spiro atoms. The fraction of sp³-hybridized carbons (Fsp3) is 0.775. The number of fused-ring (bicyclic) bond motifs is 1. The topological polar surface area (TPSA) is 65.0 Å². The van der Waals surface area contributed by atoms with Crippen molar-refractivity contribution >= 4 is 22.6 Å². The van der Waals surface area contributed by atoms with Gasteiger partial charge in [0.1, 0.15) is 0 Å². The van der Waals surface area contributed by atoms with Crippen molar-refractivity contribution in [2.24, 2.45) is 23.2 Å². The first kappa shape index (κ1) is 40.2. The lowest BCUT2D eigenvalue weighted by atomic mass is 9.60. The summed E-state index contributed by atoms with van der Waals surface area (Å²) < 4.78 is 18.9. The molecule has 3 fully saturated rings. The Balaban J connectivity index is 1.84. The van der Waals surface area contributed by atoms with E-state index >= 15 is 0 Å². The molecule has 0 aliphatic heterocycles. The quantitative estimate of drug-likeness (QED) is 0.101. The van der Waals surface area contributed by atoms with Gasteiger partial charge in [-0.2, -0.15) is 0 Å². The Labute approximate surface area is 291 Å². The van der Waals surface area contributed by atoms with Crippen LogP contribution in [0.25, 0.3) is 0 Å². The number of carbonyl (C=O) groups excluding carboxylic acids is 1. The number of methoxy groups -OCH3 is 1. The number of ether oxygens (including phenoxy) is 1. The number of esters is 1. The lowest BCUT2D eigenvalue weighted by molar-refractivity contribution is -0.136. The van der Waals surface area contributed by atoms with Crippen molar-refractivity contribution in [2.75, 3.05) is 7.11 Å². The van der Waals surface area contributed by atoms with Gasteiger partial charge in [-0.25, -0.2) is 4.79 Å². The summed E-state index contributed by atoms with van der Waals surface area (Å²) in [6.45, 7) is 36.5. The van der Waals surface area contributed by atoms with Gasteiger partial charge in [-0.15, -0.1) is 0 Å². The highest BCUT2D eigenvalue weighted by Crippen LogP contribution is 2.60. The van der Waals surface area contributed by atoms with Gasteiger partial charge in [-0.3, -0.25) is 0 Å². The summed E-state index contributed by atoms with van der Waals surface area (Å²) >= 11 is 0. The Morgan fingerprint density at radius 3 is 2.02 bits per heavy atom. The van der Waals surface area contributed by atoms with Crippen LogP contribution in [-0.2, 0) is 18.4 Å². The number of rotatable bonds is 11. The van der Waals surface area contributed by atoms with E-state index in [0.717, 1.165) is 24.8 Å². The van der Waals surface area contributed by atoms with Crippen LogP contribution >= 0.6 is 0 Å². The maximum Gasteiger partial charge on any atom is 0.333 e. The zero-order valence-corrected chi connectivity index (χ0v) is 34.5. The van der Waals surface area contributed by atoms with E-state index in [1.165, 1.54) is 38.4 Å². The summed E-state index contributed by atoms with van der Waals surface area (Å²) in [5.74, 6) is 1.06. The molecule has 0 unspecified atom stereocenters. The standard InChI is InChI=1S/C40H70O5Si2/c1-27(23-32(41)24-28(2)37(42)43-11)33-20-21-34-31(17-16-22-40(33,34)10)19-18-30-25-35(44-46(12,13)38(4,5)6)29(3)36(26-30)45-47(14,15)39(7,8)9/h18-19,27,32-36,41H,2-3,16-17,20-26H2,1,4-15H3/b31-19+/t27-,32+,33-,34+,35-,36-,40-/m1/s1. The summed E-state index contributed by atoms with van der Waals surface area (Å²) in [5, 5.41) is 11.1. The monoisotopic (exact) mass is 686 g/mol. The van der Waals surface area contributed by atoms with Crippen LogP contribution in [0.2, 0.25) is 36.3 Å². The van der Waals surface area contributed by atoms with Crippen LogP contribution in [0.5, 0.6) is 0 Å². The molecule has 3 aliphatic rings. The third-order valence-electron chi connectivity index (χ3n) is 13.1. The molecule has 268 valence electrons. The Morgan fingerprint density at radius 2 is 1.53 bits per heavy atom. The molecule has 47 heavy (non-hydrogen) atoms. The molecular formula is C40H70O5Si2. The van der Waals surface area contributed by atoms with Gasteiger partial charge in [-0.1, -0.05) is 91.8 Å². The highest BCUT2D eigenvalue weighted by Gasteiger charge is 2.51. The smallest absolute Gasteiger partial charge is 0.333 e. The fourth-order valence-corrected chi connectivity index (χ4v) is 10.7. The Morgan fingerprint density at radius 1 is 1.00 bits per heavy atom. The number of aliphatic hydroxyl groups is 1. The maximum absolute atomic E-state index is 11.8. The van der Waals surface area contributed by atoms with Crippen LogP contribution in [0.15, 0.2) is 47.6 Å². The van der Waals surface area contributed by atoms with Crippen molar-refractivity contribution in [2.45, 2.75) is 168 Å². The van der Waals surface area contributed by atoms with Crippen LogP contribution in [0, 0.1) is 23.2 Å². The van der Waals surface area contributed by atoms with E-state index in [0.29, 0.717) is 29.7 Å². The van der Waals surface area contributed by atoms with Crippen molar-refractivity contribution in [3.8, 4) is 0 Å². The number of allylic oxidation sites excluding steroid dienone is 3. The normalized spacial score (nSPS) is 29.8. The second-order valence-corrected chi connectivity index (χ2v) is 28.1. The molecule has 3 saturated carbocycles. The summed E-state index contributed by atoms with van der Waals surface area (Å²) in [4.78, 5) is 11.8. The summed E-state index contributed by atoms with van der Waals surface area (Å²) in [7, 11) is -2.66. The van der Waals surface area contributed by atoms with Crippen LogP contribution < -0.4 is 0 Å². The Hall–Kier alpha value is -1.26. The zero-order chi connectivity index (χ0) is 35.8. The predicted octanol–water partition coefficient (Wildman–Crippen LogP) is 10.7. The largest absolute Gasteiger partial charge is 0.466 e. The van der Waals surface area contributed by atoms with Crippen molar-refractivity contribution < 1.29 is 23.5 Å². The van der Waals surface area contributed by atoms with Gasteiger partial charge in [-0.05, 0) is 116 Å². The van der Waals surface area contributed by atoms with E-state index in [1.54, 1.807) is 5.57 Å². The van der Waals surface area contributed by atoms with Gasteiger partial charge in [0.15, 0.2) is 16.6 Å². The minimum Gasteiger partial charge on any atom is -0.466 e. The molecule has 7 heteroatoms. The first-order chi connectivity index (χ1) is 21.4. The average molecular weight is 687 g/mol.